The summed E-state index contributed by atoms with van der Waals surface area (Å²) in [6.45, 7) is 2.45. The SMILES string of the molecule is Cc1cnc(Cl)nc1NCc1ccon1. The normalized spacial score (nSPS) is 10.3. The Morgan fingerprint density at radius 1 is 1.53 bits per heavy atom. The predicted octanol–water partition coefficient (Wildman–Crippen LogP) is 2.04. The molecule has 2 rings (SSSR count). The van der Waals surface area contributed by atoms with Gasteiger partial charge >= 0.3 is 0 Å². The van der Waals surface area contributed by atoms with E-state index in [-0.39, 0.29) is 5.28 Å². The van der Waals surface area contributed by atoms with Crippen molar-refractivity contribution in [1.82, 2.24) is 15.1 Å². The molecule has 1 N–H and O–H groups in total. The molecule has 15 heavy (non-hydrogen) atoms. The van der Waals surface area contributed by atoms with Gasteiger partial charge in [-0.3, -0.25) is 0 Å². The molecule has 0 aliphatic carbocycles. The van der Waals surface area contributed by atoms with Gasteiger partial charge in [-0.15, -0.1) is 0 Å². The van der Waals surface area contributed by atoms with Gasteiger partial charge in [0.15, 0.2) is 0 Å². The molecule has 0 atom stereocenters. The lowest BCUT2D eigenvalue weighted by Gasteiger charge is -2.05. The number of rotatable bonds is 3. The Morgan fingerprint density at radius 2 is 2.40 bits per heavy atom. The minimum atomic E-state index is 0.225. The first-order chi connectivity index (χ1) is 7.25. The lowest BCUT2D eigenvalue weighted by molar-refractivity contribution is 0.412. The summed E-state index contributed by atoms with van der Waals surface area (Å²) in [5, 5.41) is 7.09. The van der Waals surface area contributed by atoms with Gasteiger partial charge in [-0.2, -0.15) is 0 Å². The fraction of sp³-hybridized carbons (Fsp3) is 0.222. The van der Waals surface area contributed by atoms with Gasteiger partial charge < -0.3 is 9.84 Å². The first-order valence-electron chi connectivity index (χ1n) is 4.38. The Kier molecular flexibility index (Phi) is 2.82. The third kappa shape index (κ3) is 2.44. The molecule has 0 aliphatic heterocycles. The molecule has 5 nitrogen and oxygen atoms in total. The Bertz CT molecular complexity index is 443. The highest BCUT2D eigenvalue weighted by Gasteiger charge is 2.02. The fourth-order valence-corrected chi connectivity index (χ4v) is 1.24. The van der Waals surface area contributed by atoms with Gasteiger partial charge in [0, 0.05) is 17.8 Å². The second kappa shape index (κ2) is 4.27. The molecular weight excluding hydrogens is 216 g/mol. The molecule has 0 aliphatic rings. The topological polar surface area (TPSA) is 63.8 Å². The van der Waals surface area contributed by atoms with E-state index in [1.165, 1.54) is 6.26 Å². The zero-order valence-electron chi connectivity index (χ0n) is 8.07. The highest BCUT2D eigenvalue weighted by molar-refractivity contribution is 6.28. The number of hydrogen-bond donors (Lipinski definition) is 1. The lowest BCUT2D eigenvalue weighted by Crippen LogP contribution is -2.04. The van der Waals surface area contributed by atoms with Crippen molar-refractivity contribution in [3.05, 3.63) is 35.1 Å². The Balaban J connectivity index is 2.07. The van der Waals surface area contributed by atoms with Gasteiger partial charge in [-0.05, 0) is 18.5 Å². The first-order valence-corrected chi connectivity index (χ1v) is 4.76. The van der Waals surface area contributed by atoms with Gasteiger partial charge in [-0.25, -0.2) is 9.97 Å². The Morgan fingerprint density at radius 3 is 3.13 bits per heavy atom. The average Bonchev–Trinajstić information content (AvgIpc) is 2.72. The number of anilines is 1. The van der Waals surface area contributed by atoms with Crippen LogP contribution in [0.4, 0.5) is 5.82 Å². The molecule has 0 bridgehead atoms. The predicted molar refractivity (Wildman–Crippen MR) is 55.6 cm³/mol. The smallest absolute Gasteiger partial charge is 0.224 e. The van der Waals surface area contributed by atoms with E-state index in [1.807, 2.05) is 6.92 Å². The summed E-state index contributed by atoms with van der Waals surface area (Å²) in [7, 11) is 0. The van der Waals surface area contributed by atoms with Crippen LogP contribution in [-0.4, -0.2) is 15.1 Å². The van der Waals surface area contributed by atoms with Crippen LogP contribution in [0.1, 0.15) is 11.3 Å². The summed E-state index contributed by atoms with van der Waals surface area (Å²) < 4.78 is 4.71. The number of aryl methyl sites for hydroxylation is 1. The van der Waals surface area contributed by atoms with Crippen molar-refractivity contribution in [2.45, 2.75) is 13.5 Å². The van der Waals surface area contributed by atoms with E-state index in [9.17, 15) is 0 Å². The maximum atomic E-state index is 5.68. The van der Waals surface area contributed by atoms with Crippen molar-refractivity contribution in [2.75, 3.05) is 5.32 Å². The van der Waals surface area contributed by atoms with E-state index in [0.29, 0.717) is 12.4 Å². The first kappa shape index (κ1) is 9.92. The summed E-state index contributed by atoms with van der Waals surface area (Å²) >= 11 is 5.68. The second-order valence-electron chi connectivity index (χ2n) is 3.01. The summed E-state index contributed by atoms with van der Waals surface area (Å²) in [6.07, 6.45) is 3.19. The molecule has 0 aromatic carbocycles. The maximum absolute atomic E-state index is 5.68. The largest absolute Gasteiger partial charge is 0.364 e. The van der Waals surface area contributed by atoms with Gasteiger partial charge in [0.05, 0.1) is 6.54 Å². The number of nitrogens with zero attached hydrogens (tertiary/aromatic N) is 3. The monoisotopic (exact) mass is 224 g/mol. The Hall–Kier alpha value is -1.62. The quantitative estimate of drug-likeness (QED) is 0.809. The van der Waals surface area contributed by atoms with Gasteiger partial charge in [0.1, 0.15) is 17.8 Å². The van der Waals surface area contributed by atoms with E-state index in [4.69, 9.17) is 16.1 Å². The average molecular weight is 225 g/mol. The van der Waals surface area contributed by atoms with Crippen molar-refractivity contribution in [3.8, 4) is 0 Å². The molecule has 2 heterocycles. The number of nitrogens with one attached hydrogen (secondary N) is 1. The van der Waals surface area contributed by atoms with Crippen LogP contribution in [0.2, 0.25) is 5.28 Å². The standard InChI is InChI=1S/C9H9ClN4O/c1-6-4-12-9(10)13-8(6)11-5-7-2-3-15-14-7/h2-4H,5H2,1H3,(H,11,12,13). The van der Waals surface area contributed by atoms with Crippen LogP contribution in [-0.2, 0) is 6.54 Å². The minimum Gasteiger partial charge on any atom is -0.364 e. The summed E-state index contributed by atoms with van der Waals surface area (Å²) in [6, 6.07) is 1.78. The molecular formula is C9H9ClN4O. The van der Waals surface area contributed by atoms with Gasteiger partial charge in [0.25, 0.3) is 0 Å². The Labute approximate surface area is 91.5 Å². The van der Waals surface area contributed by atoms with E-state index >= 15 is 0 Å². The molecule has 0 radical (unpaired) electrons. The minimum absolute atomic E-state index is 0.225. The molecule has 2 aromatic rings. The van der Waals surface area contributed by atoms with Crippen LogP contribution in [0.15, 0.2) is 23.0 Å². The van der Waals surface area contributed by atoms with E-state index in [0.717, 1.165) is 11.3 Å². The zero-order valence-corrected chi connectivity index (χ0v) is 8.82. The molecule has 6 heteroatoms. The molecule has 78 valence electrons. The third-order valence-corrected chi connectivity index (χ3v) is 2.05. The summed E-state index contributed by atoms with van der Waals surface area (Å²) in [4.78, 5) is 7.92. The van der Waals surface area contributed by atoms with Crippen LogP contribution in [0.25, 0.3) is 0 Å². The molecule has 0 spiro atoms. The van der Waals surface area contributed by atoms with Gasteiger partial charge in [-0.1, -0.05) is 5.16 Å². The fourth-order valence-electron chi connectivity index (χ4n) is 1.10. The summed E-state index contributed by atoms with van der Waals surface area (Å²) in [5.41, 5.74) is 1.74. The van der Waals surface area contributed by atoms with Gasteiger partial charge in [0.2, 0.25) is 5.28 Å². The second-order valence-corrected chi connectivity index (χ2v) is 3.35. The van der Waals surface area contributed by atoms with Crippen LogP contribution in [0.3, 0.4) is 0 Å². The molecule has 2 aromatic heterocycles. The van der Waals surface area contributed by atoms with Crippen LogP contribution in [0, 0.1) is 6.92 Å². The third-order valence-electron chi connectivity index (χ3n) is 1.87. The zero-order chi connectivity index (χ0) is 10.7. The van der Waals surface area contributed by atoms with Crippen LogP contribution in [0.5, 0.6) is 0 Å². The molecule has 0 saturated heterocycles. The molecule has 0 unspecified atom stereocenters. The van der Waals surface area contributed by atoms with E-state index < -0.39 is 0 Å². The number of hydrogen-bond acceptors (Lipinski definition) is 5. The summed E-state index contributed by atoms with van der Waals surface area (Å²) in [5.74, 6) is 0.706. The molecule has 0 fully saturated rings. The van der Waals surface area contributed by atoms with Crippen LogP contribution < -0.4 is 5.32 Å². The number of halogens is 1. The van der Waals surface area contributed by atoms with E-state index in [1.54, 1.807) is 12.3 Å². The van der Waals surface area contributed by atoms with Crippen molar-refractivity contribution in [3.63, 3.8) is 0 Å². The number of aromatic nitrogens is 3. The molecule has 0 amide bonds. The van der Waals surface area contributed by atoms with Crippen LogP contribution >= 0.6 is 11.6 Å². The van der Waals surface area contributed by atoms with Crippen molar-refractivity contribution < 1.29 is 4.52 Å². The van der Waals surface area contributed by atoms with Crippen molar-refractivity contribution >= 4 is 17.4 Å². The van der Waals surface area contributed by atoms with E-state index in [2.05, 4.69) is 20.4 Å². The van der Waals surface area contributed by atoms with Crippen molar-refractivity contribution in [1.29, 1.82) is 0 Å². The molecule has 0 saturated carbocycles. The van der Waals surface area contributed by atoms with Crippen molar-refractivity contribution in [2.24, 2.45) is 0 Å². The highest BCUT2D eigenvalue weighted by Crippen LogP contribution is 2.13. The lowest BCUT2D eigenvalue weighted by atomic mass is 10.3. The highest BCUT2D eigenvalue weighted by atomic mass is 35.5. The maximum Gasteiger partial charge on any atom is 0.224 e.